The number of hydrogen-bond acceptors (Lipinski definition) is 4. The van der Waals surface area contributed by atoms with Crippen molar-refractivity contribution in [2.24, 2.45) is 16.3 Å². The van der Waals surface area contributed by atoms with E-state index in [4.69, 9.17) is 15.7 Å². The maximum Gasteiger partial charge on any atom is 0.236 e. The van der Waals surface area contributed by atoms with Crippen LogP contribution in [0.5, 0.6) is 0 Å². The van der Waals surface area contributed by atoms with Crippen LogP contribution in [0, 0.1) is 5.41 Å². The van der Waals surface area contributed by atoms with E-state index in [-0.39, 0.29) is 17.8 Å². The standard InChI is InChI=1S/C13H25N3O3/c1-4-13(5-2,11(14)15-18)12(17)16-7-6-8-19-10(3)9-16/h10,18H,4-9H2,1-3H3,(H2,14,15). The Hall–Kier alpha value is -1.30. The zero-order valence-corrected chi connectivity index (χ0v) is 12.1. The van der Waals surface area contributed by atoms with Crippen LogP contribution < -0.4 is 5.73 Å². The van der Waals surface area contributed by atoms with E-state index in [1.807, 2.05) is 20.8 Å². The fourth-order valence-corrected chi connectivity index (χ4v) is 2.60. The first-order valence-corrected chi connectivity index (χ1v) is 6.90. The molecule has 3 N–H and O–H groups in total. The molecule has 6 heteroatoms. The van der Waals surface area contributed by atoms with Gasteiger partial charge in [0.1, 0.15) is 5.41 Å². The SMILES string of the molecule is CCC(CC)(C(=O)N1CCCOC(C)C1)C(N)=NO. The van der Waals surface area contributed by atoms with Gasteiger partial charge in [0.25, 0.3) is 0 Å². The summed E-state index contributed by atoms with van der Waals surface area (Å²) in [5.41, 5.74) is 4.87. The normalized spacial score (nSPS) is 22.2. The van der Waals surface area contributed by atoms with Gasteiger partial charge in [0, 0.05) is 19.7 Å². The fourth-order valence-electron chi connectivity index (χ4n) is 2.60. The van der Waals surface area contributed by atoms with Gasteiger partial charge in [-0.25, -0.2) is 0 Å². The van der Waals surface area contributed by atoms with Gasteiger partial charge in [-0.2, -0.15) is 0 Å². The van der Waals surface area contributed by atoms with Crippen LogP contribution in [-0.4, -0.2) is 47.7 Å². The summed E-state index contributed by atoms with van der Waals surface area (Å²) in [4.78, 5) is 14.6. The topological polar surface area (TPSA) is 88.2 Å². The minimum absolute atomic E-state index is 0.000295. The average molecular weight is 271 g/mol. The second kappa shape index (κ2) is 6.75. The Morgan fingerprint density at radius 2 is 2.16 bits per heavy atom. The third kappa shape index (κ3) is 3.18. The summed E-state index contributed by atoms with van der Waals surface area (Å²) in [7, 11) is 0. The Labute approximate surface area is 114 Å². The molecule has 1 heterocycles. The molecule has 0 aliphatic carbocycles. The Balaban J connectivity index is 2.99. The highest BCUT2D eigenvalue weighted by atomic mass is 16.5. The molecular formula is C13H25N3O3. The second-order valence-corrected chi connectivity index (χ2v) is 5.06. The molecule has 1 fully saturated rings. The Kier molecular flexibility index (Phi) is 5.60. The van der Waals surface area contributed by atoms with Gasteiger partial charge in [0.2, 0.25) is 5.91 Å². The Bertz CT molecular complexity index is 340. The lowest BCUT2D eigenvalue weighted by atomic mass is 9.79. The van der Waals surface area contributed by atoms with Gasteiger partial charge in [-0.3, -0.25) is 4.79 Å². The van der Waals surface area contributed by atoms with Crippen molar-refractivity contribution >= 4 is 11.7 Å². The lowest BCUT2D eigenvalue weighted by Crippen LogP contribution is -2.52. The van der Waals surface area contributed by atoms with Gasteiger partial charge in [-0.05, 0) is 26.2 Å². The van der Waals surface area contributed by atoms with Crippen molar-refractivity contribution in [1.29, 1.82) is 0 Å². The quantitative estimate of drug-likeness (QED) is 0.348. The third-order valence-corrected chi connectivity index (χ3v) is 3.95. The van der Waals surface area contributed by atoms with Gasteiger partial charge >= 0.3 is 0 Å². The third-order valence-electron chi connectivity index (χ3n) is 3.95. The van der Waals surface area contributed by atoms with Crippen molar-refractivity contribution in [3.63, 3.8) is 0 Å². The van der Waals surface area contributed by atoms with Crippen LogP contribution in [0.25, 0.3) is 0 Å². The van der Waals surface area contributed by atoms with E-state index in [1.165, 1.54) is 0 Å². The molecule has 0 spiro atoms. The monoisotopic (exact) mass is 271 g/mol. The molecule has 19 heavy (non-hydrogen) atoms. The minimum atomic E-state index is -0.904. The maximum absolute atomic E-state index is 12.8. The van der Waals surface area contributed by atoms with Crippen LogP contribution in [0.1, 0.15) is 40.0 Å². The number of amidine groups is 1. The number of amides is 1. The highest BCUT2D eigenvalue weighted by molar-refractivity contribution is 6.06. The number of oxime groups is 1. The summed E-state index contributed by atoms with van der Waals surface area (Å²) < 4.78 is 5.55. The second-order valence-electron chi connectivity index (χ2n) is 5.06. The van der Waals surface area contributed by atoms with Crippen LogP contribution in [-0.2, 0) is 9.53 Å². The van der Waals surface area contributed by atoms with Crippen LogP contribution in [0.15, 0.2) is 5.16 Å². The lowest BCUT2D eigenvalue weighted by molar-refractivity contribution is -0.139. The smallest absolute Gasteiger partial charge is 0.236 e. The van der Waals surface area contributed by atoms with Crippen molar-refractivity contribution in [3.8, 4) is 0 Å². The van der Waals surface area contributed by atoms with E-state index in [1.54, 1.807) is 4.90 Å². The molecule has 1 rings (SSSR count). The molecule has 1 amide bonds. The molecule has 0 bridgehead atoms. The number of hydrogen-bond donors (Lipinski definition) is 2. The minimum Gasteiger partial charge on any atom is -0.409 e. The molecule has 1 saturated heterocycles. The fraction of sp³-hybridized carbons (Fsp3) is 0.846. The summed E-state index contributed by atoms with van der Waals surface area (Å²) in [6.45, 7) is 7.60. The molecule has 0 saturated carbocycles. The molecule has 1 atom stereocenters. The first-order chi connectivity index (χ1) is 9.01. The Morgan fingerprint density at radius 1 is 1.53 bits per heavy atom. The molecule has 6 nitrogen and oxygen atoms in total. The molecule has 0 aromatic carbocycles. The van der Waals surface area contributed by atoms with Gasteiger partial charge in [0.05, 0.1) is 6.10 Å². The van der Waals surface area contributed by atoms with Gasteiger partial charge in [0.15, 0.2) is 5.84 Å². The summed E-state index contributed by atoms with van der Waals surface area (Å²) >= 11 is 0. The van der Waals surface area contributed by atoms with E-state index in [2.05, 4.69) is 5.16 Å². The van der Waals surface area contributed by atoms with E-state index in [0.717, 1.165) is 6.42 Å². The van der Waals surface area contributed by atoms with Gasteiger partial charge in [-0.1, -0.05) is 19.0 Å². The number of nitrogens with two attached hydrogens (primary N) is 1. The molecule has 0 radical (unpaired) electrons. The van der Waals surface area contributed by atoms with E-state index in [9.17, 15) is 4.79 Å². The van der Waals surface area contributed by atoms with Crippen molar-refractivity contribution in [2.75, 3.05) is 19.7 Å². The molecule has 0 aromatic heterocycles. The van der Waals surface area contributed by atoms with Crippen LogP contribution in [0.2, 0.25) is 0 Å². The first kappa shape index (κ1) is 15.8. The molecule has 1 unspecified atom stereocenters. The van der Waals surface area contributed by atoms with E-state index >= 15 is 0 Å². The predicted molar refractivity (Wildman–Crippen MR) is 73.0 cm³/mol. The highest BCUT2D eigenvalue weighted by Crippen LogP contribution is 2.30. The Morgan fingerprint density at radius 3 is 2.68 bits per heavy atom. The molecule has 110 valence electrons. The van der Waals surface area contributed by atoms with Crippen molar-refractivity contribution in [1.82, 2.24) is 4.90 Å². The number of carbonyl (C=O) groups excluding carboxylic acids is 1. The molecule has 1 aliphatic heterocycles. The molecular weight excluding hydrogens is 246 g/mol. The van der Waals surface area contributed by atoms with Crippen LogP contribution in [0.3, 0.4) is 0 Å². The maximum atomic E-state index is 12.8. The number of ether oxygens (including phenoxy) is 1. The summed E-state index contributed by atoms with van der Waals surface area (Å²) in [6.07, 6.45) is 1.87. The van der Waals surface area contributed by atoms with Crippen molar-refractivity contribution < 1.29 is 14.7 Å². The zero-order valence-electron chi connectivity index (χ0n) is 12.1. The number of nitrogens with zero attached hydrogens (tertiary/aromatic N) is 2. The molecule has 1 aliphatic rings. The highest BCUT2D eigenvalue weighted by Gasteiger charge is 2.43. The summed E-state index contributed by atoms with van der Waals surface area (Å²) in [6, 6.07) is 0. The van der Waals surface area contributed by atoms with Crippen LogP contribution >= 0.6 is 0 Å². The first-order valence-electron chi connectivity index (χ1n) is 6.90. The number of rotatable bonds is 4. The summed E-state index contributed by atoms with van der Waals surface area (Å²) in [5.74, 6) is -0.0644. The largest absolute Gasteiger partial charge is 0.409 e. The number of carbonyl (C=O) groups is 1. The predicted octanol–water partition coefficient (Wildman–Crippen LogP) is 1.18. The van der Waals surface area contributed by atoms with Crippen LogP contribution in [0.4, 0.5) is 0 Å². The van der Waals surface area contributed by atoms with Crippen molar-refractivity contribution in [3.05, 3.63) is 0 Å². The van der Waals surface area contributed by atoms with E-state index < -0.39 is 5.41 Å². The lowest BCUT2D eigenvalue weighted by Gasteiger charge is -2.35. The van der Waals surface area contributed by atoms with Gasteiger partial charge in [-0.15, -0.1) is 0 Å². The van der Waals surface area contributed by atoms with Crippen molar-refractivity contribution in [2.45, 2.75) is 46.1 Å². The zero-order chi connectivity index (χ0) is 14.5. The average Bonchev–Trinajstić information content (AvgIpc) is 2.64. The molecule has 0 aromatic rings. The van der Waals surface area contributed by atoms with E-state index in [0.29, 0.717) is 32.5 Å². The van der Waals surface area contributed by atoms with Gasteiger partial charge < -0.3 is 20.6 Å². The summed E-state index contributed by atoms with van der Waals surface area (Å²) in [5, 5.41) is 12.0.